The second-order valence-corrected chi connectivity index (χ2v) is 7.20. The van der Waals surface area contributed by atoms with Crippen molar-refractivity contribution in [1.82, 2.24) is 19.5 Å². The maximum atomic E-state index is 12.7. The molecule has 0 radical (unpaired) electrons. The summed E-state index contributed by atoms with van der Waals surface area (Å²) in [5.41, 5.74) is 3.39. The van der Waals surface area contributed by atoms with Gasteiger partial charge in [0.15, 0.2) is 11.3 Å². The highest BCUT2D eigenvalue weighted by Crippen LogP contribution is 2.25. The first kappa shape index (κ1) is 16.3. The van der Waals surface area contributed by atoms with Crippen molar-refractivity contribution in [3.05, 3.63) is 69.6 Å². The van der Waals surface area contributed by atoms with Crippen LogP contribution in [0.25, 0.3) is 11.2 Å². The van der Waals surface area contributed by atoms with E-state index in [-0.39, 0.29) is 5.91 Å². The fraction of sp³-hybridized carbons (Fsp3) is 0.167. The van der Waals surface area contributed by atoms with E-state index in [1.165, 1.54) is 5.57 Å². The van der Waals surface area contributed by atoms with Crippen LogP contribution in [0.3, 0.4) is 0 Å². The molecule has 126 valence electrons. The smallest absolute Gasteiger partial charge is 0.274 e. The van der Waals surface area contributed by atoms with E-state index in [9.17, 15) is 4.79 Å². The molecule has 25 heavy (non-hydrogen) atoms. The van der Waals surface area contributed by atoms with Gasteiger partial charge in [0.25, 0.3) is 5.91 Å². The summed E-state index contributed by atoms with van der Waals surface area (Å²) in [4.78, 5) is 18.8. The SMILES string of the molecule is O=C(c1cc2ncc(Br)cn2n1)N1CC=C(c2cccc(Cl)c2)CC1. The second kappa shape index (κ2) is 6.61. The predicted octanol–water partition coefficient (Wildman–Crippen LogP) is 4.07. The average Bonchev–Trinajstić information content (AvgIpc) is 3.04. The zero-order valence-corrected chi connectivity index (χ0v) is 15.5. The molecule has 4 rings (SSSR count). The summed E-state index contributed by atoms with van der Waals surface area (Å²) < 4.78 is 2.42. The number of nitrogens with zero attached hydrogens (tertiary/aromatic N) is 4. The van der Waals surface area contributed by atoms with Crippen LogP contribution in [0.2, 0.25) is 5.02 Å². The Morgan fingerprint density at radius 3 is 2.92 bits per heavy atom. The number of carbonyl (C=O) groups is 1. The highest BCUT2D eigenvalue weighted by atomic mass is 79.9. The molecular weight excluding hydrogens is 404 g/mol. The third-order valence-corrected chi connectivity index (χ3v) is 4.84. The number of fused-ring (bicyclic) bond motifs is 1. The molecule has 5 nitrogen and oxygen atoms in total. The third kappa shape index (κ3) is 3.32. The quantitative estimate of drug-likeness (QED) is 0.631. The molecule has 0 fully saturated rings. The molecule has 1 amide bonds. The molecule has 1 aromatic carbocycles. The van der Waals surface area contributed by atoms with Crippen LogP contribution in [0.5, 0.6) is 0 Å². The van der Waals surface area contributed by atoms with Gasteiger partial charge in [0.05, 0.1) is 4.47 Å². The molecule has 0 bridgehead atoms. The van der Waals surface area contributed by atoms with Gasteiger partial charge in [0.2, 0.25) is 0 Å². The maximum Gasteiger partial charge on any atom is 0.274 e. The fourth-order valence-electron chi connectivity index (χ4n) is 2.92. The Morgan fingerprint density at radius 2 is 2.16 bits per heavy atom. The summed E-state index contributed by atoms with van der Waals surface area (Å²) in [5.74, 6) is -0.0805. The molecule has 3 aromatic rings. The van der Waals surface area contributed by atoms with Crippen LogP contribution in [0.15, 0.2) is 53.3 Å². The molecular formula is C18H14BrClN4O. The lowest BCUT2D eigenvalue weighted by Gasteiger charge is -2.26. The number of benzene rings is 1. The second-order valence-electron chi connectivity index (χ2n) is 5.85. The first-order valence-electron chi connectivity index (χ1n) is 7.85. The first-order chi connectivity index (χ1) is 12.1. The first-order valence-corrected chi connectivity index (χ1v) is 9.02. The summed E-state index contributed by atoms with van der Waals surface area (Å²) in [5, 5.41) is 5.05. The molecule has 2 aromatic heterocycles. The Morgan fingerprint density at radius 1 is 1.28 bits per heavy atom. The van der Waals surface area contributed by atoms with Gasteiger partial charge in [0, 0.05) is 36.6 Å². The number of hydrogen-bond acceptors (Lipinski definition) is 3. The van der Waals surface area contributed by atoms with Crippen molar-refractivity contribution in [3.63, 3.8) is 0 Å². The normalized spacial score (nSPS) is 14.6. The topological polar surface area (TPSA) is 50.5 Å². The number of amides is 1. The van der Waals surface area contributed by atoms with Crippen LogP contribution in [0.4, 0.5) is 0 Å². The van der Waals surface area contributed by atoms with Crippen molar-refractivity contribution >= 4 is 44.7 Å². The Bertz CT molecular complexity index is 998. The summed E-state index contributed by atoms with van der Waals surface area (Å²) in [6.07, 6.45) is 6.35. The standard InChI is InChI=1S/C18H14BrClN4O/c19-14-10-21-17-9-16(22-24(17)11-14)18(25)23-6-4-12(5-7-23)13-2-1-3-15(20)8-13/h1-4,8-11H,5-7H2. The summed E-state index contributed by atoms with van der Waals surface area (Å²) in [6, 6.07) is 9.51. The molecule has 0 atom stereocenters. The molecule has 1 aliphatic rings. The van der Waals surface area contributed by atoms with Gasteiger partial charge in [-0.2, -0.15) is 5.10 Å². The number of carbonyl (C=O) groups excluding carboxylic acids is 1. The zero-order chi connectivity index (χ0) is 17.4. The number of aromatic nitrogens is 3. The molecule has 0 unspecified atom stereocenters. The highest BCUT2D eigenvalue weighted by Gasteiger charge is 2.22. The van der Waals surface area contributed by atoms with Crippen molar-refractivity contribution in [3.8, 4) is 0 Å². The largest absolute Gasteiger partial charge is 0.333 e. The Balaban J connectivity index is 1.53. The fourth-order valence-corrected chi connectivity index (χ4v) is 3.41. The third-order valence-electron chi connectivity index (χ3n) is 4.19. The van der Waals surface area contributed by atoms with E-state index in [4.69, 9.17) is 11.6 Å². The van der Waals surface area contributed by atoms with Gasteiger partial charge in [0.1, 0.15) is 0 Å². The lowest BCUT2D eigenvalue weighted by atomic mass is 9.99. The van der Waals surface area contributed by atoms with Crippen LogP contribution < -0.4 is 0 Å². The zero-order valence-electron chi connectivity index (χ0n) is 13.2. The van der Waals surface area contributed by atoms with Gasteiger partial charge in [-0.05, 0) is 45.6 Å². The number of rotatable bonds is 2. The molecule has 0 aliphatic carbocycles. The van der Waals surface area contributed by atoms with Gasteiger partial charge in [-0.25, -0.2) is 9.50 Å². The van der Waals surface area contributed by atoms with E-state index in [2.05, 4.69) is 32.1 Å². The molecule has 0 saturated heterocycles. The lowest BCUT2D eigenvalue weighted by Crippen LogP contribution is -2.34. The summed E-state index contributed by atoms with van der Waals surface area (Å²) in [6.45, 7) is 1.22. The molecule has 0 saturated carbocycles. The molecule has 1 aliphatic heterocycles. The lowest BCUT2D eigenvalue weighted by molar-refractivity contribution is 0.0766. The summed E-state index contributed by atoms with van der Waals surface area (Å²) >= 11 is 9.41. The van der Waals surface area contributed by atoms with E-state index < -0.39 is 0 Å². The Labute approximate surface area is 158 Å². The monoisotopic (exact) mass is 416 g/mol. The number of halogens is 2. The van der Waals surface area contributed by atoms with Crippen LogP contribution in [-0.4, -0.2) is 38.5 Å². The van der Waals surface area contributed by atoms with Crippen LogP contribution in [0, 0.1) is 0 Å². The van der Waals surface area contributed by atoms with Crippen molar-refractivity contribution < 1.29 is 4.79 Å². The van der Waals surface area contributed by atoms with Gasteiger partial charge in [-0.1, -0.05) is 29.8 Å². The molecule has 7 heteroatoms. The van der Waals surface area contributed by atoms with E-state index >= 15 is 0 Å². The Kier molecular flexibility index (Phi) is 4.31. The van der Waals surface area contributed by atoms with Crippen LogP contribution in [-0.2, 0) is 0 Å². The van der Waals surface area contributed by atoms with Gasteiger partial charge in [-0.3, -0.25) is 4.79 Å². The number of hydrogen-bond donors (Lipinski definition) is 0. The molecule has 0 spiro atoms. The summed E-state index contributed by atoms with van der Waals surface area (Å²) in [7, 11) is 0. The predicted molar refractivity (Wildman–Crippen MR) is 101 cm³/mol. The van der Waals surface area contributed by atoms with Crippen molar-refractivity contribution in [2.45, 2.75) is 6.42 Å². The van der Waals surface area contributed by atoms with Gasteiger partial charge < -0.3 is 4.90 Å². The van der Waals surface area contributed by atoms with Crippen LogP contribution >= 0.6 is 27.5 Å². The minimum absolute atomic E-state index is 0.0805. The molecule has 3 heterocycles. The minimum atomic E-state index is -0.0805. The minimum Gasteiger partial charge on any atom is -0.333 e. The Hall–Kier alpha value is -2.18. The van der Waals surface area contributed by atoms with Crippen molar-refractivity contribution in [2.75, 3.05) is 13.1 Å². The van der Waals surface area contributed by atoms with Gasteiger partial charge >= 0.3 is 0 Å². The van der Waals surface area contributed by atoms with E-state index in [1.807, 2.05) is 24.3 Å². The molecule has 0 N–H and O–H groups in total. The van der Waals surface area contributed by atoms with Crippen molar-refractivity contribution in [1.29, 1.82) is 0 Å². The van der Waals surface area contributed by atoms with E-state index in [0.29, 0.717) is 24.4 Å². The van der Waals surface area contributed by atoms with Crippen LogP contribution in [0.1, 0.15) is 22.5 Å². The van der Waals surface area contributed by atoms with Gasteiger partial charge in [-0.15, -0.1) is 0 Å². The highest BCUT2D eigenvalue weighted by molar-refractivity contribution is 9.10. The van der Waals surface area contributed by atoms with E-state index in [0.717, 1.165) is 21.5 Å². The van der Waals surface area contributed by atoms with E-state index in [1.54, 1.807) is 27.9 Å². The van der Waals surface area contributed by atoms with Crippen molar-refractivity contribution in [2.24, 2.45) is 0 Å². The average molecular weight is 418 g/mol. The maximum absolute atomic E-state index is 12.7.